The predicted octanol–water partition coefficient (Wildman–Crippen LogP) is 4.91. The summed E-state index contributed by atoms with van der Waals surface area (Å²) in [6.07, 6.45) is 0. The number of nitrogens with zero attached hydrogens (tertiary/aromatic N) is 2. The molecule has 2 atom stereocenters. The zero-order valence-corrected chi connectivity index (χ0v) is 16.1. The Balaban J connectivity index is 1.91. The highest BCUT2D eigenvalue weighted by Crippen LogP contribution is 2.48. The first-order valence-corrected chi connectivity index (χ1v) is 9.34. The van der Waals surface area contributed by atoms with Gasteiger partial charge in [-0.1, -0.05) is 17.7 Å². The lowest BCUT2D eigenvalue weighted by Gasteiger charge is -2.29. The molecule has 29 heavy (non-hydrogen) atoms. The number of ether oxygens (including phenoxy) is 2. The Labute approximate surface area is 171 Å². The van der Waals surface area contributed by atoms with Crippen molar-refractivity contribution in [3.63, 3.8) is 0 Å². The van der Waals surface area contributed by atoms with Crippen molar-refractivity contribution in [2.24, 2.45) is 5.92 Å². The first kappa shape index (κ1) is 19.0. The molecule has 0 spiro atoms. The first-order valence-electron chi connectivity index (χ1n) is 8.96. The van der Waals surface area contributed by atoms with E-state index in [0.717, 1.165) is 5.56 Å². The number of benzene rings is 2. The number of hydrogen-bond acceptors (Lipinski definition) is 5. The molecule has 0 radical (unpaired) electrons. The van der Waals surface area contributed by atoms with Crippen molar-refractivity contribution in [1.29, 1.82) is 10.7 Å². The van der Waals surface area contributed by atoms with Crippen LogP contribution in [-0.4, -0.2) is 22.7 Å². The van der Waals surface area contributed by atoms with Crippen LogP contribution in [0.15, 0.2) is 42.5 Å². The van der Waals surface area contributed by atoms with E-state index in [1.807, 2.05) is 31.2 Å². The molecule has 0 fully saturated rings. The van der Waals surface area contributed by atoms with E-state index in [1.54, 1.807) is 6.07 Å². The number of aromatic amines is 1. The molecule has 0 saturated heterocycles. The third-order valence-corrected chi connectivity index (χ3v) is 5.14. The number of rotatable bonds is 4. The lowest BCUT2D eigenvalue weighted by atomic mass is 9.78. The number of aromatic nitrogens is 2. The van der Waals surface area contributed by atoms with Gasteiger partial charge >= 0.3 is 0 Å². The van der Waals surface area contributed by atoms with Gasteiger partial charge in [-0.15, -0.1) is 5.10 Å². The van der Waals surface area contributed by atoms with Gasteiger partial charge < -0.3 is 9.47 Å². The van der Waals surface area contributed by atoms with Crippen LogP contribution in [0.5, 0.6) is 11.6 Å². The Morgan fingerprint density at radius 3 is 2.69 bits per heavy atom. The zero-order chi connectivity index (χ0) is 20.5. The normalized spacial score (nSPS) is 17.9. The maximum atomic E-state index is 14.8. The van der Waals surface area contributed by atoms with Crippen molar-refractivity contribution in [1.82, 2.24) is 10.2 Å². The lowest BCUT2D eigenvalue weighted by molar-refractivity contribution is 0.340. The summed E-state index contributed by atoms with van der Waals surface area (Å²) in [7, 11) is 0. The van der Waals surface area contributed by atoms with Gasteiger partial charge in [0.05, 0.1) is 23.9 Å². The molecule has 6 nitrogen and oxygen atoms in total. The smallest absolute Gasteiger partial charge is 0.244 e. The maximum absolute atomic E-state index is 14.8. The van der Waals surface area contributed by atoms with Crippen molar-refractivity contribution in [2.45, 2.75) is 12.8 Å². The van der Waals surface area contributed by atoms with Crippen LogP contribution in [-0.2, 0) is 0 Å². The zero-order valence-electron chi connectivity index (χ0n) is 15.4. The van der Waals surface area contributed by atoms with Crippen LogP contribution in [0, 0.1) is 28.5 Å². The summed E-state index contributed by atoms with van der Waals surface area (Å²) in [5, 5.41) is 25.0. The summed E-state index contributed by atoms with van der Waals surface area (Å²) in [5.41, 5.74) is 1.96. The van der Waals surface area contributed by atoms with Crippen molar-refractivity contribution in [2.75, 3.05) is 6.61 Å². The number of H-pyrrole nitrogens is 1. The van der Waals surface area contributed by atoms with Gasteiger partial charge in [0.25, 0.3) is 0 Å². The van der Waals surface area contributed by atoms with E-state index < -0.39 is 17.7 Å². The largest absolute Gasteiger partial charge is 0.494 e. The van der Waals surface area contributed by atoms with Crippen molar-refractivity contribution >= 4 is 17.5 Å². The maximum Gasteiger partial charge on any atom is 0.244 e. The third-order valence-electron chi connectivity index (χ3n) is 4.81. The standard InChI is InChI=1S/C21H16ClFN4O2/c1-2-28-12-8-6-11(7-9-12)19-18-16(17-14(22)4-3-5-15(17)23)13(10-24)20(25)29-21(18)27-26-19/h3-9,13,16,25H,2H2,1H3,(H,26,27). The number of halogens is 2. The molecule has 1 aliphatic heterocycles. The first-order chi connectivity index (χ1) is 14.0. The number of nitriles is 1. The molecule has 0 saturated carbocycles. The topological polar surface area (TPSA) is 94.8 Å². The minimum atomic E-state index is -1.05. The molecule has 146 valence electrons. The molecule has 0 amide bonds. The average molecular weight is 411 g/mol. The molecule has 8 heteroatoms. The monoisotopic (exact) mass is 410 g/mol. The minimum absolute atomic E-state index is 0.134. The van der Waals surface area contributed by atoms with E-state index >= 15 is 0 Å². The van der Waals surface area contributed by atoms with Gasteiger partial charge in [0.1, 0.15) is 17.5 Å². The quantitative estimate of drug-likeness (QED) is 0.638. The second kappa shape index (κ2) is 7.57. The lowest BCUT2D eigenvalue weighted by Crippen LogP contribution is -2.31. The van der Waals surface area contributed by atoms with Crippen LogP contribution in [0.1, 0.15) is 24.0 Å². The van der Waals surface area contributed by atoms with Gasteiger partial charge in [-0.05, 0) is 43.3 Å². The summed E-state index contributed by atoms with van der Waals surface area (Å²) in [6.45, 7) is 2.45. The summed E-state index contributed by atoms with van der Waals surface area (Å²) in [4.78, 5) is 0. The Morgan fingerprint density at radius 2 is 2.03 bits per heavy atom. The number of hydrogen-bond donors (Lipinski definition) is 2. The van der Waals surface area contributed by atoms with E-state index in [0.29, 0.717) is 23.6 Å². The fourth-order valence-electron chi connectivity index (χ4n) is 3.54. The Bertz CT molecular complexity index is 1100. The fraction of sp³-hybridized carbons (Fsp3) is 0.190. The molecule has 2 heterocycles. The molecular formula is C21H16ClFN4O2. The van der Waals surface area contributed by atoms with Crippen molar-refractivity contribution in [3.8, 4) is 29.0 Å². The third kappa shape index (κ3) is 3.22. The Kier molecular flexibility index (Phi) is 4.95. The predicted molar refractivity (Wildman–Crippen MR) is 106 cm³/mol. The summed E-state index contributed by atoms with van der Waals surface area (Å²) in [5.74, 6) is -1.89. The summed E-state index contributed by atoms with van der Waals surface area (Å²) < 4.78 is 25.7. The summed E-state index contributed by atoms with van der Waals surface area (Å²) >= 11 is 6.31. The highest BCUT2D eigenvalue weighted by Gasteiger charge is 2.42. The van der Waals surface area contributed by atoms with E-state index in [1.165, 1.54) is 12.1 Å². The average Bonchev–Trinajstić information content (AvgIpc) is 3.12. The van der Waals surface area contributed by atoms with Gasteiger partial charge in [-0.3, -0.25) is 10.5 Å². The van der Waals surface area contributed by atoms with Gasteiger partial charge in [-0.25, -0.2) is 4.39 Å². The van der Waals surface area contributed by atoms with Crippen LogP contribution >= 0.6 is 11.6 Å². The molecule has 1 aliphatic rings. The highest BCUT2D eigenvalue weighted by atomic mass is 35.5. The molecule has 0 aliphatic carbocycles. The van der Waals surface area contributed by atoms with E-state index in [9.17, 15) is 9.65 Å². The SMILES string of the molecule is CCOc1ccc(-c2[nH]nc3c2C(c2c(F)cccc2Cl)C(C#N)C(=N)O3)cc1. The van der Waals surface area contributed by atoms with E-state index in [4.69, 9.17) is 26.5 Å². The molecular weight excluding hydrogens is 395 g/mol. The molecule has 4 rings (SSSR count). The van der Waals surface area contributed by atoms with E-state index in [-0.39, 0.29) is 22.4 Å². The molecule has 2 aromatic carbocycles. The van der Waals surface area contributed by atoms with Crippen molar-refractivity contribution in [3.05, 3.63) is 64.4 Å². The molecule has 1 aromatic heterocycles. The van der Waals surface area contributed by atoms with Gasteiger partial charge in [0.2, 0.25) is 11.8 Å². The molecule has 2 N–H and O–H groups in total. The van der Waals surface area contributed by atoms with Gasteiger partial charge in [-0.2, -0.15) is 5.26 Å². The van der Waals surface area contributed by atoms with Crippen LogP contribution in [0.3, 0.4) is 0 Å². The molecule has 0 bridgehead atoms. The fourth-order valence-corrected chi connectivity index (χ4v) is 3.82. The molecule has 2 unspecified atom stereocenters. The minimum Gasteiger partial charge on any atom is -0.494 e. The Hall–Kier alpha value is -3.37. The summed E-state index contributed by atoms with van der Waals surface area (Å²) in [6, 6.07) is 13.7. The van der Waals surface area contributed by atoms with Crippen LogP contribution in [0.2, 0.25) is 5.02 Å². The second-order valence-electron chi connectivity index (χ2n) is 6.46. The van der Waals surface area contributed by atoms with Crippen molar-refractivity contribution < 1.29 is 13.9 Å². The number of fused-ring (bicyclic) bond motifs is 1. The van der Waals surface area contributed by atoms with Gasteiger partial charge in [0, 0.05) is 22.1 Å². The van der Waals surface area contributed by atoms with Crippen LogP contribution in [0.4, 0.5) is 4.39 Å². The van der Waals surface area contributed by atoms with Gasteiger partial charge in [0.15, 0.2) is 0 Å². The van der Waals surface area contributed by atoms with E-state index in [2.05, 4.69) is 16.3 Å². The second-order valence-corrected chi connectivity index (χ2v) is 6.87. The Morgan fingerprint density at radius 1 is 1.28 bits per heavy atom. The highest BCUT2D eigenvalue weighted by molar-refractivity contribution is 6.31. The van der Waals surface area contributed by atoms with Crippen LogP contribution < -0.4 is 9.47 Å². The van der Waals surface area contributed by atoms with Crippen LogP contribution in [0.25, 0.3) is 11.3 Å². The number of nitrogens with one attached hydrogen (secondary N) is 2. The molecule has 3 aromatic rings.